The molecule has 2 rings (SSSR count). The monoisotopic (exact) mass is 295 g/mol. The zero-order valence-electron chi connectivity index (χ0n) is 13.9. The lowest BCUT2D eigenvalue weighted by atomic mass is 9.78. The molecule has 0 aromatic carbocycles. The number of carbonyl (C=O) groups is 1. The van der Waals surface area contributed by atoms with Crippen LogP contribution < -0.4 is 5.73 Å². The van der Waals surface area contributed by atoms with E-state index in [-0.39, 0.29) is 5.41 Å². The highest BCUT2D eigenvalue weighted by molar-refractivity contribution is 5.83. The van der Waals surface area contributed by atoms with Crippen LogP contribution in [-0.4, -0.2) is 54.5 Å². The lowest BCUT2D eigenvalue weighted by Crippen LogP contribution is -2.48. The highest BCUT2D eigenvalue weighted by atomic mass is 16.2. The summed E-state index contributed by atoms with van der Waals surface area (Å²) in [5.41, 5.74) is 5.75. The Bertz CT molecular complexity index is 333. The van der Waals surface area contributed by atoms with Crippen molar-refractivity contribution in [1.82, 2.24) is 9.80 Å². The van der Waals surface area contributed by atoms with Crippen LogP contribution in [0.4, 0.5) is 0 Å². The first-order chi connectivity index (χ1) is 10.2. The number of hydrogen-bond acceptors (Lipinski definition) is 3. The molecule has 0 aliphatic carbocycles. The normalized spacial score (nSPS) is 24.0. The minimum Gasteiger partial charge on any atom is -0.341 e. The average molecular weight is 295 g/mol. The fourth-order valence-corrected chi connectivity index (χ4v) is 4.25. The van der Waals surface area contributed by atoms with Gasteiger partial charge in [-0.25, -0.2) is 0 Å². The zero-order chi connectivity index (χ0) is 15.3. The van der Waals surface area contributed by atoms with Crippen molar-refractivity contribution in [3.05, 3.63) is 0 Å². The molecule has 2 aliphatic rings. The summed E-state index contributed by atoms with van der Waals surface area (Å²) in [6.07, 6.45) is 7.72. The first-order valence-corrected chi connectivity index (χ1v) is 8.90. The fourth-order valence-electron chi connectivity index (χ4n) is 4.25. The largest absolute Gasteiger partial charge is 0.341 e. The number of likely N-dealkylation sites (tertiary alicyclic amines) is 2. The van der Waals surface area contributed by atoms with Crippen molar-refractivity contribution in [2.24, 2.45) is 11.1 Å². The quantitative estimate of drug-likeness (QED) is 0.783. The minimum atomic E-state index is -0.302. The van der Waals surface area contributed by atoms with Gasteiger partial charge in [-0.2, -0.15) is 0 Å². The number of carbonyl (C=O) groups excluding carboxylic acids is 1. The lowest BCUT2D eigenvalue weighted by molar-refractivity contribution is -0.141. The molecule has 1 unspecified atom stereocenters. The Hall–Kier alpha value is -0.610. The molecule has 0 saturated carbocycles. The number of hydrogen-bond donors (Lipinski definition) is 1. The van der Waals surface area contributed by atoms with Gasteiger partial charge in [0.05, 0.1) is 5.41 Å². The molecular formula is C17H33N3O. The van der Waals surface area contributed by atoms with Gasteiger partial charge in [0.15, 0.2) is 0 Å². The van der Waals surface area contributed by atoms with Crippen LogP contribution in [0.1, 0.15) is 58.8 Å². The van der Waals surface area contributed by atoms with E-state index in [9.17, 15) is 4.79 Å². The van der Waals surface area contributed by atoms with Crippen LogP contribution in [-0.2, 0) is 4.79 Å². The Labute approximate surface area is 130 Å². The maximum atomic E-state index is 13.1. The van der Waals surface area contributed by atoms with Crippen LogP contribution in [0.2, 0.25) is 0 Å². The maximum absolute atomic E-state index is 13.1. The van der Waals surface area contributed by atoms with Gasteiger partial charge in [0.1, 0.15) is 0 Å². The molecule has 0 bridgehead atoms. The molecule has 0 radical (unpaired) electrons. The summed E-state index contributed by atoms with van der Waals surface area (Å²) < 4.78 is 0. The van der Waals surface area contributed by atoms with E-state index in [4.69, 9.17) is 5.73 Å². The third-order valence-corrected chi connectivity index (χ3v) is 5.41. The third-order valence-electron chi connectivity index (χ3n) is 5.41. The molecular weight excluding hydrogens is 262 g/mol. The molecule has 122 valence electrons. The van der Waals surface area contributed by atoms with Gasteiger partial charge < -0.3 is 10.6 Å². The summed E-state index contributed by atoms with van der Waals surface area (Å²) in [6, 6.07) is 0.593. The summed E-state index contributed by atoms with van der Waals surface area (Å²) >= 11 is 0. The first-order valence-electron chi connectivity index (χ1n) is 8.90. The van der Waals surface area contributed by atoms with Crippen molar-refractivity contribution in [1.29, 1.82) is 0 Å². The second-order valence-electron chi connectivity index (χ2n) is 6.92. The van der Waals surface area contributed by atoms with Crippen LogP contribution in [0.15, 0.2) is 0 Å². The zero-order valence-corrected chi connectivity index (χ0v) is 13.9. The molecule has 2 heterocycles. The lowest BCUT2D eigenvalue weighted by Gasteiger charge is -2.35. The fraction of sp³-hybridized carbons (Fsp3) is 0.941. The second-order valence-corrected chi connectivity index (χ2v) is 6.92. The van der Waals surface area contributed by atoms with E-state index in [1.165, 1.54) is 25.9 Å². The van der Waals surface area contributed by atoms with Crippen molar-refractivity contribution < 1.29 is 4.79 Å². The summed E-state index contributed by atoms with van der Waals surface area (Å²) in [5, 5.41) is 0. The molecule has 2 fully saturated rings. The van der Waals surface area contributed by atoms with Gasteiger partial charge in [0, 0.05) is 25.7 Å². The topological polar surface area (TPSA) is 49.6 Å². The van der Waals surface area contributed by atoms with E-state index in [2.05, 4.69) is 23.6 Å². The third kappa shape index (κ3) is 3.59. The number of nitrogens with zero attached hydrogens (tertiary/aromatic N) is 2. The van der Waals surface area contributed by atoms with Gasteiger partial charge in [0.2, 0.25) is 5.91 Å². The van der Waals surface area contributed by atoms with E-state index >= 15 is 0 Å². The van der Waals surface area contributed by atoms with Crippen molar-refractivity contribution in [3.63, 3.8) is 0 Å². The summed E-state index contributed by atoms with van der Waals surface area (Å²) in [7, 11) is 0. The molecule has 4 heteroatoms. The Morgan fingerprint density at radius 2 is 1.76 bits per heavy atom. The Morgan fingerprint density at radius 3 is 2.29 bits per heavy atom. The van der Waals surface area contributed by atoms with Gasteiger partial charge in [-0.3, -0.25) is 9.69 Å². The van der Waals surface area contributed by atoms with Crippen molar-refractivity contribution in [2.45, 2.75) is 64.8 Å². The predicted octanol–water partition coefficient (Wildman–Crippen LogP) is 2.23. The number of amides is 1. The van der Waals surface area contributed by atoms with Crippen LogP contribution in [0, 0.1) is 5.41 Å². The smallest absolute Gasteiger partial charge is 0.230 e. The Kier molecular flexibility index (Phi) is 6.06. The molecule has 2 saturated heterocycles. The van der Waals surface area contributed by atoms with Gasteiger partial charge in [-0.1, -0.05) is 26.7 Å². The highest BCUT2D eigenvalue weighted by Gasteiger charge is 2.41. The maximum Gasteiger partial charge on any atom is 0.230 e. The van der Waals surface area contributed by atoms with Crippen LogP contribution in [0.3, 0.4) is 0 Å². The van der Waals surface area contributed by atoms with E-state index in [0.29, 0.717) is 18.5 Å². The van der Waals surface area contributed by atoms with Crippen molar-refractivity contribution >= 4 is 5.91 Å². The average Bonchev–Trinajstić information content (AvgIpc) is 3.16. The van der Waals surface area contributed by atoms with Gasteiger partial charge >= 0.3 is 0 Å². The van der Waals surface area contributed by atoms with E-state index < -0.39 is 0 Å². The van der Waals surface area contributed by atoms with Gasteiger partial charge in [-0.15, -0.1) is 0 Å². The summed E-state index contributed by atoms with van der Waals surface area (Å²) in [4.78, 5) is 17.8. The molecule has 4 nitrogen and oxygen atoms in total. The van der Waals surface area contributed by atoms with E-state index in [0.717, 1.165) is 45.2 Å². The molecule has 0 aromatic heterocycles. The Morgan fingerprint density at radius 1 is 1.14 bits per heavy atom. The van der Waals surface area contributed by atoms with Gasteiger partial charge in [-0.05, 0) is 45.2 Å². The van der Waals surface area contributed by atoms with E-state index in [1.54, 1.807) is 0 Å². The minimum absolute atomic E-state index is 0.302. The van der Waals surface area contributed by atoms with E-state index in [1.807, 2.05) is 0 Å². The predicted molar refractivity (Wildman–Crippen MR) is 87.1 cm³/mol. The van der Waals surface area contributed by atoms with Crippen molar-refractivity contribution in [3.8, 4) is 0 Å². The second kappa shape index (κ2) is 7.59. The molecule has 0 spiro atoms. The van der Waals surface area contributed by atoms with Gasteiger partial charge in [0.25, 0.3) is 0 Å². The summed E-state index contributed by atoms with van der Waals surface area (Å²) in [5.74, 6) is 0.329. The summed E-state index contributed by atoms with van der Waals surface area (Å²) in [6.45, 7) is 9.10. The molecule has 0 aromatic rings. The Balaban J connectivity index is 2.00. The number of rotatable bonds is 7. The van der Waals surface area contributed by atoms with Crippen LogP contribution >= 0.6 is 0 Å². The van der Waals surface area contributed by atoms with Crippen LogP contribution in [0.5, 0.6) is 0 Å². The SMILES string of the molecule is CCCC(CN)(CCC)C(=O)N1CCC(N2CCCC2)C1. The molecule has 2 aliphatic heterocycles. The highest BCUT2D eigenvalue weighted by Crippen LogP contribution is 2.33. The molecule has 1 amide bonds. The molecule has 1 atom stereocenters. The molecule has 2 N–H and O–H groups in total. The van der Waals surface area contributed by atoms with Crippen molar-refractivity contribution in [2.75, 3.05) is 32.7 Å². The van der Waals surface area contributed by atoms with Crippen LogP contribution in [0.25, 0.3) is 0 Å². The first kappa shape index (κ1) is 16.8. The number of nitrogens with two attached hydrogens (primary N) is 1. The standard InChI is InChI=1S/C17H33N3O/c1-3-8-17(14-18,9-4-2)16(21)20-12-7-15(13-20)19-10-5-6-11-19/h15H,3-14,18H2,1-2H3. The molecule has 21 heavy (non-hydrogen) atoms.